The summed E-state index contributed by atoms with van der Waals surface area (Å²) in [6, 6.07) is 4.93. The zero-order valence-electron chi connectivity index (χ0n) is 23.4. The number of aryl methyl sites for hydroxylation is 1. The lowest BCUT2D eigenvalue weighted by Gasteiger charge is -2.49. The third-order valence-corrected chi connectivity index (χ3v) is 9.48. The van der Waals surface area contributed by atoms with Gasteiger partial charge >= 0.3 is 6.01 Å². The van der Waals surface area contributed by atoms with Crippen molar-refractivity contribution in [2.75, 3.05) is 27.7 Å². The topological polar surface area (TPSA) is 133 Å². The fourth-order valence-electron chi connectivity index (χ4n) is 6.43. The van der Waals surface area contributed by atoms with Gasteiger partial charge in [0.15, 0.2) is 0 Å². The first kappa shape index (κ1) is 27.4. The van der Waals surface area contributed by atoms with Crippen molar-refractivity contribution in [3.05, 3.63) is 39.7 Å². The highest BCUT2D eigenvalue weighted by atomic mass is 32.1. The van der Waals surface area contributed by atoms with E-state index in [9.17, 15) is 5.26 Å². The first-order valence-corrected chi connectivity index (χ1v) is 14.6. The average molecular weight is 550 g/mol. The number of ether oxygens (including phenoxy) is 1. The number of aromatic nitrogens is 2. The molecule has 4 N–H and O–H groups in total. The summed E-state index contributed by atoms with van der Waals surface area (Å²) in [7, 11) is 5.97. The maximum Gasteiger partial charge on any atom is 0.317 e. The fraction of sp³-hybridized carbons (Fsp3) is 0.571. The van der Waals surface area contributed by atoms with E-state index < -0.39 is 5.54 Å². The van der Waals surface area contributed by atoms with E-state index in [1.807, 2.05) is 30.1 Å². The summed E-state index contributed by atoms with van der Waals surface area (Å²) >= 11 is 1.61. The van der Waals surface area contributed by atoms with Crippen LogP contribution in [0.4, 0.5) is 5.00 Å². The molecule has 2 fully saturated rings. The Morgan fingerprint density at radius 1 is 1.33 bits per heavy atom. The molecule has 11 heteroatoms. The number of allylic oxidation sites excluding steroid dienone is 1. The van der Waals surface area contributed by atoms with E-state index >= 15 is 0 Å². The molecule has 0 amide bonds. The van der Waals surface area contributed by atoms with E-state index in [0.29, 0.717) is 29.0 Å². The third-order valence-electron chi connectivity index (χ3n) is 8.33. The van der Waals surface area contributed by atoms with Crippen LogP contribution in [0.15, 0.2) is 23.0 Å². The Kier molecular flexibility index (Phi) is 7.80. The number of hydrazine groups is 1. The fourth-order valence-corrected chi connectivity index (χ4v) is 7.66. The first-order valence-electron chi connectivity index (χ1n) is 13.8. The molecular formula is C28H39N9OS. The molecule has 1 unspecified atom stereocenters. The number of likely N-dealkylation sites (tertiary alicyclic amines) is 1. The SMILES string of the molecule is C[C@H](Oc1nccc(/C(N)=C2\CCCC3(CCCc4sc(N=CN(C)C)c(C#N)c43)N2N)n1)[C@@H]1CCCN1C. The van der Waals surface area contributed by atoms with Crippen LogP contribution in [-0.2, 0) is 12.0 Å². The molecule has 2 saturated heterocycles. The predicted octanol–water partition coefficient (Wildman–Crippen LogP) is 3.71. The largest absolute Gasteiger partial charge is 0.459 e. The monoisotopic (exact) mass is 549 g/mol. The van der Waals surface area contributed by atoms with E-state index in [-0.39, 0.29) is 6.10 Å². The van der Waals surface area contributed by atoms with Crippen LogP contribution in [-0.4, -0.2) is 70.9 Å². The summed E-state index contributed by atoms with van der Waals surface area (Å²) in [6.07, 6.45) is 11.0. The van der Waals surface area contributed by atoms with Gasteiger partial charge in [0.1, 0.15) is 17.2 Å². The molecule has 0 bridgehead atoms. The van der Waals surface area contributed by atoms with Gasteiger partial charge in [-0.15, -0.1) is 11.3 Å². The van der Waals surface area contributed by atoms with Gasteiger partial charge < -0.3 is 20.4 Å². The Labute approximate surface area is 234 Å². The Balaban J connectivity index is 1.47. The second-order valence-corrected chi connectivity index (χ2v) is 12.2. The van der Waals surface area contributed by atoms with Crippen LogP contribution in [0.25, 0.3) is 5.70 Å². The highest BCUT2D eigenvalue weighted by Crippen LogP contribution is 2.53. The quantitative estimate of drug-likeness (QED) is 0.314. The zero-order valence-corrected chi connectivity index (χ0v) is 24.2. The Bertz CT molecular complexity index is 1310. The number of nitrogens with zero attached hydrogens (tertiary/aromatic N) is 7. The van der Waals surface area contributed by atoms with Crippen molar-refractivity contribution < 1.29 is 4.74 Å². The van der Waals surface area contributed by atoms with Gasteiger partial charge in [0.25, 0.3) is 0 Å². The average Bonchev–Trinajstić information content (AvgIpc) is 3.52. The molecule has 3 atom stereocenters. The number of fused-ring (bicyclic) bond motifs is 2. The van der Waals surface area contributed by atoms with Crippen molar-refractivity contribution in [3.8, 4) is 12.1 Å². The number of aliphatic imine (C=N–C) groups is 1. The lowest BCUT2D eigenvalue weighted by Crippen LogP contribution is -2.54. The van der Waals surface area contributed by atoms with Crippen molar-refractivity contribution in [1.82, 2.24) is 24.8 Å². The number of nitriles is 1. The van der Waals surface area contributed by atoms with Gasteiger partial charge in [0.05, 0.1) is 34.5 Å². The molecule has 2 aliphatic heterocycles. The molecule has 1 aliphatic carbocycles. The lowest BCUT2D eigenvalue weighted by molar-refractivity contribution is 0.0661. The minimum atomic E-state index is -0.493. The maximum atomic E-state index is 10.2. The summed E-state index contributed by atoms with van der Waals surface area (Å²) < 4.78 is 6.16. The Hall–Kier alpha value is -3.20. The summed E-state index contributed by atoms with van der Waals surface area (Å²) in [4.78, 5) is 19.1. The van der Waals surface area contributed by atoms with E-state index in [1.54, 1.807) is 23.9 Å². The first-order chi connectivity index (χ1) is 18.7. The van der Waals surface area contributed by atoms with E-state index in [4.69, 9.17) is 16.3 Å². The molecule has 5 rings (SSSR count). The summed E-state index contributed by atoms with van der Waals surface area (Å²) in [5.74, 6) is 6.98. The van der Waals surface area contributed by atoms with Gasteiger partial charge in [-0.25, -0.2) is 15.8 Å². The van der Waals surface area contributed by atoms with Crippen LogP contribution in [0.5, 0.6) is 6.01 Å². The predicted molar refractivity (Wildman–Crippen MR) is 154 cm³/mol. The molecule has 39 heavy (non-hydrogen) atoms. The third kappa shape index (κ3) is 5.09. The number of hydrogen-bond donors (Lipinski definition) is 2. The van der Waals surface area contributed by atoms with Gasteiger partial charge in [-0.1, -0.05) is 0 Å². The molecule has 0 aromatic carbocycles. The van der Waals surface area contributed by atoms with Crippen molar-refractivity contribution in [2.24, 2.45) is 16.6 Å². The van der Waals surface area contributed by atoms with Crippen LogP contribution < -0.4 is 16.3 Å². The molecule has 3 aliphatic rings. The molecule has 10 nitrogen and oxygen atoms in total. The molecular weight excluding hydrogens is 510 g/mol. The number of likely N-dealkylation sites (N-methyl/N-ethyl adjacent to an activating group) is 1. The van der Waals surface area contributed by atoms with Crippen LogP contribution >= 0.6 is 11.3 Å². The molecule has 0 radical (unpaired) electrons. The normalized spacial score (nSPS) is 25.5. The molecule has 4 heterocycles. The van der Waals surface area contributed by atoms with Crippen molar-refractivity contribution >= 4 is 28.4 Å². The van der Waals surface area contributed by atoms with Crippen LogP contribution in [0, 0.1) is 11.3 Å². The van der Waals surface area contributed by atoms with Gasteiger partial charge in [0, 0.05) is 36.8 Å². The van der Waals surface area contributed by atoms with E-state index in [2.05, 4.69) is 39.9 Å². The number of hydrogen-bond acceptors (Lipinski definition) is 10. The molecule has 2 aromatic rings. The molecule has 0 saturated carbocycles. The highest BCUT2D eigenvalue weighted by molar-refractivity contribution is 7.16. The number of rotatable bonds is 6. The van der Waals surface area contributed by atoms with Crippen molar-refractivity contribution in [2.45, 2.75) is 76.0 Å². The van der Waals surface area contributed by atoms with Gasteiger partial charge in [-0.05, 0) is 77.9 Å². The minimum Gasteiger partial charge on any atom is -0.459 e. The minimum absolute atomic E-state index is 0.0291. The van der Waals surface area contributed by atoms with Crippen LogP contribution in [0.1, 0.15) is 73.6 Å². The highest BCUT2D eigenvalue weighted by Gasteiger charge is 2.47. The lowest BCUT2D eigenvalue weighted by atomic mass is 9.72. The standard InChI is InChI=1S/C28H39N9OS/c1-18(21-9-7-15-36(21)4)38-27-32-14-11-20(34-27)25(30)22-8-5-12-28(37(22)31)13-6-10-23-24(28)19(16-29)26(39-23)33-17-35(2)3/h11,14,17-18,21H,5-10,12-13,15,30-31H2,1-4H3/b25-22-,33-17?/t18-,21-,28?/m0/s1. The smallest absolute Gasteiger partial charge is 0.317 e. The number of thiophene rings is 1. The van der Waals surface area contributed by atoms with Gasteiger partial charge in [-0.2, -0.15) is 10.2 Å². The second kappa shape index (κ2) is 11.1. The van der Waals surface area contributed by atoms with Gasteiger partial charge in [0.2, 0.25) is 0 Å². The second-order valence-electron chi connectivity index (χ2n) is 11.1. The number of piperidine rings is 1. The number of nitrogens with two attached hydrogens (primary N) is 2. The van der Waals surface area contributed by atoms with Gasteiger partial charge in [-0.3, -0.25) is 4.90 Å². The summed E-state index contributed by atoms with van der Waals surface area (Å²) in [5.41, 5.74) is 9.93. The molecule has 1 spiro atoms. The zero-order chi connectivity index (χ0) is 27.7. The molecule has 208 valence electrons. The van der Waals surface area contributed by atoms with E-state index in [1.165, 1.54) is 11.3 Å². The van der Waals surface area contributed by atoms with Crippen LogP contribution in [0.2, 0.25) is 0 Å². The van der Waals surface area contributed by atoms with E-state index in [0.717, 1.165) is 67.8 Å². The Morgan fingerprint density at radius 2 is 2.10 bits per heavy atom. The maximum absolute atomic E-state index is 10.2. The summed E-state index contributed by atoms with van der Waals surface area (Å²) in [5, 5.41) is 12.8. The van der Waals surface area contributed by atoms with Crippen molar-refractivity contribution in [1.29, 1.82) is 5.26 Å². The van der Waals surface area contributed by atoms with Crippen LogP contribution in [0.3, 0.4) is 0 Å². The van der Waals surface area contributed by atoms with Crippen molar-refractivity contribution in [3.63, 3.8) is 0 Å². The summed E-state index contributed by atoms with van der Waals surface area (Å²) in [6.45, 7) is 3.15. The molecule has 2 aromatic heterocycles. The Morgan fingerprint density at radius 3 is 2.79 bits per heavy atom.